The van der Waals surface area contributed by atoms with E-state index >= 15 is 0 Å². The van der Waals surface area contributed by atoms with Crippen molar-refractivity contribution in [2.24, 2.45) is 5.92 Å². The number of hydrogen-bond donors (Lipinski definition) is 1. The molecule has 7 heteroatoms. The lowest BCUT2D eigenvalue weighted by Gasteiger charge is -2.41. The summed E-state index contributed by atoms with van der Waals surface area (Å²) in [7, 11) is -3.35. The topological polar surface area (TPSA) is 61.9 Å². The molecule has 0 aliphatic carbocycles. The van der Waals surface area contributed by atoms with Crippen LogP contribution >= 0.6 is 0 Å². The molecule has 21 heavy (non-hydrogen) atoms. The zero-order valence-corrected chi connectivity index (χ0v) is 14.3. The number of hydrogen-bond acceptors (Lipinski definition) is 4. The first kappa shape index (κ1) is 17.1. The van der Waals surface area contributed by atoms with Gasteiger partial charge in [-0.3, -0.25) is 4.90 Å². The maximum atomic E-state index is 12.4. The Morgan fingerprint density at radius 2 is 1.71 bits per heavy atom. The summed E-state index contributed by atoms with van der Waals surface area (Å²) in [6.07, 6.45) is 1.90. The quantitative estimate of drug-likeness (QED) is 0.809. The number of nitrogens with zero attached hydrogens (tertiary/aromatic N) is 2. The first-order valence-electron chi connectivity index (χ1n) is 7.89. The lowest BCUT2D eigenvalue weighted by Crippen LogP contribution is -2.57. The molecule has 0 radical (unpaired) electrons. The van der Waals surface area contributed by atoms with Crippen LogP contribution in [-0.2, 0) is 14.9 Å². The third kappa shape index (κ3) is 4.63. The molecule has 0 spiro atoms. The fourth-order valence-corrected chi connectivity index (χ4v) is 4.27. The molecule has 124 valence electrons. The summed E-state index contributed by atoms with van der Waals surface area (Å²) in [4.78, 5) is 2.29. The van der Waals surface area contributed by atoms with E-state index in [9.17, 15) is 8.42 Å². The second-order valence-electron chi connectivity index (χ2n) is 6.82. The standard InChI is InChI=1S/C14H29N3O3S/c1-13-4-6-17(7-5-13)21(18,19)15-12-14(2,3)16-8-10-20-11-9-16/h13,15H,4-12H2,1-3H3. The molecular weight excluding hydrogens is 290 g/mol. The molecule has 0 aromatic carbocycles. The van der Waals surface area contributed by atoms with E-state index in [1.807, 2.05) is 0 Å². The minimum atomic E-state index is -3.35. The van der Waals surface area contributed by atoms with Crippen molar-refractivity contribution < 1.29 is 13.2 Å². The Labute approximate surface area is 129 Å². The van der Waals surface area contributed by atoms with Crippen LogP contribution in [0.25, 0.3) is 0 Å². The molecule has 0 aromatic heterocycles. The molecule has 2 aliphatic rings. The highest BCUT2D eigenvalue weighted by Crippen LogP contribution is 2.19. The van der Waals surface area contributed by atoms with Crippen LogP contribution in [0.5, 0.6) is 0 Å². The Hall–Kier alpha value is -0.210. The maximum Gasteiger partial charge on any atom is 0.279 e. The predicted octanol–water partition coefficient (Wildman–Crippen LogP) is 0.664. The zero-order chi connectivity index (χ0) is 15.5. The van der Waals surface area contributed by atoms with E-state index in [2.05, 4.69) is 30.4 Å². The molecule has 2 fully saturated rings. The Balaban J connectivity index is 1.88. The second kappa shape index (κ2) is 6.91. The first-order valence-corrected chi connectivity index (χ1v) is 9.33. The molecular formula is C14H29N3O3S. The van der Waals surface area contributed by atoms with Crippen molar-refractivity contribution in [1.82, 2.24) is 13.9 Å². The average Bonchev–Trinajstić information content (AvgIpc) is 2.47. The monoisotopic (exact) mass is 319 g/mol. The summed E-state index contributed by atoms with van der Waals surface area (Å²) in [5.74, 6) is 0.626. The first-order chi connectivity index (χ1) is 9.81. The second-order valence-corrected chi connectivity index (χ2v) is 8.57. The summed E-state index contributed by atoms with van der Waals surface area (Å²) in [6, 6.07) is 0. The fraction of sp³-hybridized carbons (Fsp3) is 1.00. The highest BCUT2D eigenvalue weighted by molar-refractivity contribution is 7.87. The molecule has 0 unspecified atom stereocenters. The number of rotatable bonds is 5. The van der Waals surface area contributed by atoms with Gasteiger partial charge in [0.1, 0.15) is 0 Å². The molecule has 0 amide bonds. The van der Waals surface area contributed by atoms with Crippen molar-refractivity contribution in [3.63, 3.8) is 0 Å². The lowest BCUT2D eigenvalue weighted by molar-refractivity contribution is -0.00814. The Morgan fingerprint density at radius 1 is 1.14 bits per heavy atom. The van der Waals surface area contributed by atoms with Crippen LogP contribution in [0.4, 0.5) is 0 Å². The van der Waals surface area contributed by atoms with Crippen LogP contribution in [0.15, 0.2) is 0 Å². The number of ether oxygens (including phenoxy) is 1. The molecule has 0 aromatic rings. The average molecular weight is 319 g/mol. The predicted molar refractivity (Wildman–Crippen MR) is 83.4 cm³/mol. The van der Waals surface area contributed by atoms with Crippen LogP contribution in [0.1, 0.15) is 33.6 Å². The van der Waals surface area contributed by atoms with E-state index in [-0.39, 0.29) is 5.54 Å². The summed E-state index contributed by atoms with van der Waals surface area (Å²) in [5, 5.41) is 0. The van der Waals surface area contributed by atoms with E-state index in [4.69, 9.17) is 4.74 Å². The SMILES string of the molecule is CC1CCN(S(=O)(=O)NCC(C)(C)N2CCOCC2)CC1. The van der Waals surface area contributed by atoms with Gasteiger partial charge in [0.05, 0.1) is 13.2 Å². The van der Waals surface area contributed by atoms with Gasteiger partial charge in [-0.1, -0.05) is 6.92 Å². The molecule has 0 saturated carbocycles. The van der Waals surface area contributed by atoms with Gasteiger partial charge in [0.2, 0.25) is 0 Å². The van der Waals surface area contributed by atoms with E-state index in [1.165, 1.54) is 0 Å². The smallest absolute Gasteiger partial charge is 0.279 e. The van der Waals surface area contributed by atoms with Crippen LogP contribution in [0.3, 0.4) is 0 Å². The number of nitrogens with one attached hydrogen (secondary N) is 1. The molecule has 2 heterocycles. The van der Waals surface area contributed by atoms with Crippen LogP contribution in [0, 0.1) is 5.92 Å². The summed E-state index contributed by atoms with van der Waals surface area (Å²) < 4.78 is 34.5. The van der Waals surface area contributed by atoms with Gasteiger partial charge in [0.15, 0.2) is 0 Å². The van der Waals surface area contributed by atoms with Gasteiger partial charge in [-0.15, -0.1) is 0 Å². The largest absolute Gasteiger partial charge is 0.379 e. The van der Waals surface area contributed by atoms with Crippen molar-refractivity contribution in [2.75, 3.05) is 45.9 Å². The van der Waals surface area contributed by atoms with Crippen molar-refractivity contribution in [3.8, 4) is 0 Å². The van der Waals surface area contributed by atoms with Gasteiger partial charge in [-0.25, -0.2) is 4.72 Å². The van der Waals surface area contributed by atoms with Gasteiger partial charge in [-0.05, 0) is 32.6 Å². The van der Waals surface area contributed by atoms with Crippen molar-refractivity contribution >= 4 is 10.2 Å². The summed E-state index contributed by atoms with van der Waals surface area (Å²) in [5.41, 5.74) is -0.195. The zero-order valence-electron chi connectivity index (χ0n) is 13.5. The lowest BCUT2D eigenvalue weighted by atomic mass is 10.0. The normalized spacial score (nSPS) is 24.3. The van der Waals surface area contributed by atoms with Gasteiger partial charge >= 0.3 is 0 Å². The van der Waals surface area contributed by atoms with Crippen molar-refractivity contribution in [2.45, 2.75) is 39.2 Å². The van der Waals surface area contributed by atoms with Crippen LogP contribution in [0.2, 0.25) is 0 Å². The molecule has 2 aliphatic heterocycles. The minimum Gasteiger partial charge on any atom is -0.379 e. The Morgan fingerprint density at radius 3 is 2.29 bits per heavy atom. The van der Waals surface area contributed by atoms with Gasteiger partial charge in [0, 0.05) is 38.3 Å². The Bertz CT molecular complexity index is 425. The van der Waals surface area contributed by atoms with Gasteiger partial charge < -0.3 is 4.74 Å². The van der Waals surface area contributed by atoms with E-state index < -0.39 is 10.2 Å². The molecule has 1 N–H and O–H groups in total. The summed E-state index contributed by atoms with van der Waals surface area (Å²) >= 11 is 0. The van der Waals surface area contributed by atoms with Gasteiger partial charge in [0.25, 0.3) is 10.2 Å². The number of piperidine rings is 1. The third-order valence-electron chi connectivity index (χ3n) is 4.64. The highest BCUT2D eigenvalue weighted by Gasteiger charge is 2.32. The summed E-state index contributed by atoms with van der Waals surface area (Å²) in [6.45, 7) is 11.2. The van der Waals surface area contributed by atoms with E-state index in [0.29, 0.717) is 25.6 Å². The molecule has 0 bridgehead atoms. The molecule has 2 saturated heterocycles. The third-order valence-corrected chi connectivity index (χ3v) is 6.19. The molecule has 6 nitrogen and oxygen atoms in total. The highest BCUT2D eigenvalue weighted by atomic mass is 32.2. The molecule has 2 rings (SSSR count). The fourth-order valence-electron chi connectivity index (χ4n) is 2.86. The number of morpholine rings is 1. The van der Waals surface area contributed by atoms with Crippen LogP contribution < -0.4 is 4.72 Å². The Kier molecular flexibility index (Phi) is 5.65. The van der Waals surface area contributed by atoms with Crippen LogP contribution in [-0.4, -0.2) is 69.1 Å². The maximum absolute atomic E-state index is 12.4. The molecule has 0 atom stereocenters. The van der Waals surface area contributed by atoms with E-state index in [1.54, 1.807) is 4.31 Å². The minimum absolute atomic E-state index is 0.195. The van der Waals surface area contributed by atoms with Crippen molar-refractivity contribution in [1.29, 1.82) is 0 Å². The van der Waals surface area contributed by atoms with E-state index in [0.717, 1.165) is 39.1 Å². The van der Waals surface area contributed by atoms with Gasteiger partial charge in [-0.2, -0.15) is 12.7 Å². The van der Waals surface area contributed by atoms with Crippen molar-refractivity contribution in [3.05, 3.63) is 0 Å².